The fraction of sp³-hybridized carbons (Fsp3) is 0.357. The Morgan fingerprint density at radius 2 is 2.29 bits per heavy atom. The lowest BCUT2D eigenvalue weighted by Gasteiger charge is -2.11. The minimum atomic E-state index is -0.795. The van der Waals surface area contributed by atoms with E-state index in [4.69, 9.17) is 16.3 Å². The lowest BCUT2D eigenvalue weighted by Crippen LogP contribution is -2.22. The topological polar surface area (TPSA) is 61.2 Å². The minimum absolute atomic E-state index is 0.0176. The molecule has 0 radical (unpaired) electrons. The number of hydrogen-bond donors (Lipinski definition) is 0. The zero-order valence-electron chi connectivity index (χ0n) is 11.2. The molecule has 0 amide bonds. The van der Waals surface area contributed by atoms with Gasteiger partial charge in [-0.25, -0.2) is 14.2 Å². The van der Waals surface area contributed by atoms with Crippen molar-refractivity contribution in [2.75, 3.05) is 0 Å². The first-order valence-electron chi connectivity index (χ1n) is 6.61. The van der Waals surface area contributed by atoms with Gasteiger partial charge in [-0.2, -0.15) is 0 Å². The van der Waals surface area contributed by atoms with E-state index < -0.39 is 17.2 Å². The number of esters is 1. The molecule has 7 heteroatoms. The van der Waals surface area contributed by atoms with Crippen molar-refractivity contribution >= 4 is 28.6 Å². The third-order valence-corrected chi connectivity index (χ3v) is 3.58. The van der Waals surface area contributed by atoms with Crippen molar-refractivity contribution in [2.24, 2.45) is 0 Å². The molecule has 0 aromatic carbocycles. The fourth-order valence-corrected chi connectivity index (χ4v) is 2.19. The lowest BCUT2D eigenvalue weighted by atomic mass is 10.2. The molecule has 0 aliphatic heterocycles. The number of nitrogens with zero attached hydrogens (tertiary/aromatic N) is 2. The van der Waals surface area contributed by atoms with Crippen molar-refractivity contribution in [1.82, 2.24) is 9.55 Å². The molecular formula is C14H12ClFN2O3. The van der Waals surface area contributed by atoms with Crippen LogP contribution in [0.15, 0.2) is 17.1 Å². The molecule has 3 rings (SSSR count). The van der Waals surface area contributed by atoms with E-state index >= 15 is 0 Å². The zero-order chi connectivity index (χ0) is 15.1. The predicted octanol–water partition coefficient (Wildman–Crippen LogP) is 2.53. The standard InChI is InChI=1S/C14H12ClFN2O3/c1-2-18-6-9(14(20)21-7-3-4-7)11(19)8-5-10(16)12(15)17-13(8)18/h5-7H,2-4H2,1H3. The number of ether oxygens (including phenoxy) is 1. The number of carbonyl (C=O) groups excluding carboxylic acids is 1. The number of fused-ring (bicyclic) bond motifs is 1. The number of carbonyl (C=O) groups is 1. The molecule has 0 N–H and O–H groups in total. The number of rotatable bonds is 3. The maximum atomic E-state index is 13.6. The molecule has 1 saturated carbocycles. The van der Waals surface area contributed by atoms with E-state index in [9.17, 15) is 14.0 Å². The van der Waals surface area contributed by atoms with Gasteiger partial charge in [0.2, 0.25) is 5.43 Å². The highest BCUT2D eigenvalue weighted by Gasteiger charge is 2.28. The first-order chi connectivity index (χ1) is 10.0. The Kier molecular flexibility index (Phi) is 3.41. The van der Waals surface area contributed by atoms with Gasteiger partial charge in [0.15, 0.2) is 11.0 Å². The molecule has 1 aliphatic carbocycles. The lowest BCUT2D eigenvalue weighted by molar-refractivity contribution is 0.0470. The molecule has 1 fully saturated rings. The van der Waals surface area contributed by atoms with E-state index in [1.165, 1.54) is 6.20 Å². The number of aryl methyl sites for hydroxylation is 1. The molecule has 2 aromatic heterocycles. The van der Waals surface area contributed by atoms with E-state index in [1.54, 1.807) is 4.57 Å². The van der Waals surface area contributed by atoms with Crippen LogP contribution in [0, 0.1) is 5.82 Å². The summed E-state index contributed by atoms with van der Waals surface area (Å²) in [6.07, 6.45) is 2.90. The summed E-state index contributed by atoms with van der Waals surface area (Å²) in [6.45, 7) is 2.27. The van der Waals surface area contributed by atoms with Crippen LogP contribution in [0.1, 0.15) is 30.1 Å². The van der Waals surface area contributed by atoms with E-state index in [0.29, 0.717) is 6.54 Å². The Balaban J connectivity index is 2.22. The molecule has 0 unspecified atom stereocenters. The SMILES string of the molecule is CCn1cc(C(=O)OC2CC2)c(=O)c2cc(F)c(Cl)nc21. The molecule has 5 nitrogen and oxygen atoms in total. The predicted molar refractivity (Wildman–Crippen MR) is 75.1 cm³/mol. The summed E-state index contributed by atoms with van der Waals surface area (Å²) in [5.74, 6) is -1.47. The van der Waals surface area contributed by atoms with Crippen molar-refractivity contribution < 1.29 is 13.9 Å². The van der Waals surface area contributed by atoms with Gasteiger partial charge >= 0.3 is 5.97 Å². The van der Waals surface area contributed by atoms with E-state index in [1.807, 2.05) is 6.92 Å². The quantitative estimate of drug-likeness (QED) is 0.645. The molecular weight excluding hydrogens is 299 g/mol. The Morgan fingerprint density at radius 1 is 1.57 bits per heavy atom. The van der Waals surface area contributed by atoms with Gasteiger partial charge in [0.05, 0.1) is 5.39 Å². The van der Waals surface area contributed by atoms with Gasteiger partial charge in [-0.15, -0.1) is 0 Å². The molecule has 0 atom stereocenters. The average molecular weight is 311 g/mol. The summed E-state index contributed by atoms with van der Waals surface area (Å²) >= 11 is 5.66. The molecule has 2 heterocycles. The molecule has 1 aliphatic rings. The number of hydrogen-bond acceptors (Lipinski definition) is 4. The number of aromatic nitrogens is 2. The smallest absolute Gasteiger partial charge is 0.343 e. The monoisotopic (exact) mass is 310 g/mol. The second kappa shape index (κ2) is 5.11. The van der Waals surface area contributed by atoms with Crippen LogP contribution in [0.5, 0.6) is 0 Å². The summed E-state index contributed by atoms with van der Waals surface area (Å²) < 4.78 is 20.3. The number of pyridine rings is 2. The Hall–Kier alpha value is -1.95. The summed E-state index contributed by atoms with van der Waals surface area (Å²) in [5, 5.41) is -0.290. The highest BCUT2D eigenvalue weighted by molar-refractivity contribution is 6.29. The second-order valence-corrected chi connectivity index (χ2v) is 5.25. The van der Waals surface area contributed by atoms with Crippen LogP contribution in [0.25, 0.3) is 11.0 Å². The van der Waals surface area contributed by atoms with Crippen LogP contribution in [-0.4, -0.2) is 21.6 Å². The molecule has 0 spiro atoms. The second-order valence-electron chi connectivity index (χ2n) is 4.89. The summed E-state index contributed by atoms with van der Waals surface area (Å²) in [4.78, 5) is 28.2. The van der Waals surface area contributed by atoms with E-state index in [-0.39, 0.29) is 27.9 Å². The van der Waals surface area contributed by atoms with Crippen LogP contribution in [-0.2, 0) is 11.3 Å². The van der Waals surface area contributed by atoms with E-state index in [0.717, 1.165) is 18.9 Å². The molecule has 110 valence electrons. The first kappa shape index (κ1) is 14.0. The van der Waals surface area contributed by atoms with Gasteiger partial charge in [-0.1, -0.05) is 11.6 Å². The third-order valence-electron chi connectivity index (χ3n) is 3.32. The zero-order valence-corrected chi connectivity index (χ0v) is 12.0. The van der Waals surface area contributed by atoms with Gasteiger partial charge in [-0.05, 0) is 25.8 Å². The van der Waals surface area contributed by atoms with Gasteiger partial charge < -0.3 is 9.30 Å². The van der Waals surface area contributed by atoms with Crippen molar-refractivity contribution in [2.45, 2.75) is 32.4 Å². The molecule has 21 heavy (non-hydrogen) atoms. The minimum Gasteiger partial charge on any atom is -0.459 e. The van der Waals surface area contributed by atoms with Gasteiger partial charge in [0, 0.05) is 12.7 Å². The van der Waals surface area contributed by atoms with Crippen molar-refractivity contribution in [3.63, 3.8) is 0 Å². The Labute approximate surface area is 124 Å². The summed E-state index contributed by atoms with van der Waals surface area (Å²) in [7, 11) is 0. The van der Waals surface area contributed by atoms with Crippen LogP contribution >= 0.6 is 11.6 Å². The maximum absolute atomic E-state index is 13.6. The van der Waals surface area contributed by atoms with Gasteiger partial charge in [0.1, 0.15) is 17.3 Å². The largest absolute Gasteiger partial charge is 0.459 e. The van der Waals surface area contributed by atoms with Crippen LogP contribution < -0.4 is 5.43 Å². The molecule has 0 saturated heterocycles. The highest BCUT2D eigenvalue weighted by atomic mass is 35.5. The third kappa shape index (κ3) is 2.51. The fourth-order valence-electron chi connectivity index (χ4n) is 2.05. The highest BCUT2D eigenvalue weighted by Crippen LogP contribution is 2.25. The van der Waals surface area contributed by atoms with Crippen LogP contribution in [0.4, 0.5) is 4.39 Å². The van der Waals surface area contributed by atoms with Gasteiger partial charge in [0.25, 0.3) is 0 Å². The molecule has 2 aromatic rings. The summed E-state index contributed by atoms with van der Waals surface area (Å²) in [6, 6.07) is 1.01. The average Bonchev–Trinajstić information content (AvgIpc) is 3.25. The van der Waals surface area contributed by atoms with Gasteiger partial charge in [-0.3, -0.25) is 4.79 Å². The Bertz CT molecular complexity index is 799. The van der Waals surface area contributed by atoms with Crippen molar-refractivity contribution in [1.29, 1.82) is 0 Å². The summed E-state index contributed by atoms with van der Waals surface area (Å²) in [5.41, 5.74) is -0.458. The number of halogens is 2. The van der Waals surface area contributed by atoms with Crippen molar-refractivity contribution in [3.8, 4) is 0 Å². The van der Waals surface area contributed by atoms with Crippen LogP contribution in [0.3, 0.4) is 0 Å². The first-order valence-corrected chi connectivity index (χ1v) is 6.99. The normalized spacial score (nSPS) is 14.4. The Morgan fingerprint density at radius 3 is 2.90 bits per heavy atom. The van der Waals surface area contributed by atoms with Crippen molar-refractivity contribution in [3.05, 3.63) is 39.0 Å². The van der Waals surface area contributed by atoms with Crippen LogP contribution in [0.2, 0.25) is 5.15 Å². The maximum Gasteiger partial charge on any atom is 0.343 e. The molecule has 0 bridgehead atoms. The van der Waals surface area contributed by atoms with E-state index in [2.05, 4.69) is 4.98 Å².